The predicted octanol–water partition coefficient (Wildman–Crippen LogP) is 7.54. The first-order chi connectivity index (χ1) is 18.7. The molecule has 39 heavy (non-hydrogen) atoms. The predicted molar refractivity (Wildman–Crippen MR) is 154 cm³/mol. The summed E-state index contributed by atoms with van der Waals surface area (Å²) in [6.45, 7) is 10.4. The van der Waals surface area contributed by atoms with Crippen molar-refractivity contribution in [1.82, 2.24) is 0 Å². The van der Waals surface area contributed by atoms with Crippen molar-refractivity contribution in [2.75, 3.05) is 0 Å². The first-order valence-corrected chi connectivity index (χ1v) is 13.7. The van der Waals surface area contributed by atoms with E-state index >= 15 is 0 Å². The van der Waals surface area contributed by atoms with Crippen molar-refractivity contribution >= 4 is 11.9 Å². The van der Waals surface area contributed by atoms with E-state index in [1.165, 1.54) is 0 Å². The summed E-state index contributed by atoms with van der Waals surface area (Å²) < 4.78 is 12.7. The van der Waals surface area contributed by atoms with Crippen LogP contribution in [-0.2, 0) is 9.47 Å². The molecule has 3 aromatic carbocycles. The Morgan fingerprint density at radius 3 is 1.82 bits per heavy atom. The molecule has 1 fully saturated rings. The Labute approximate surface area is 231 Å². The van der Waals surface area contributed by atoms with Gasteiger partial charge in [0.25, 0.3) is 0 Å². The van der Waals surface area contributed by atoms with Gasteiger partial charge in [-0.25, -0.2) is 9.59 Å². The zero-order valence-electron chi connectivity index (χ0n) is 23.3. The van der Waals surface area contributed by atoms with Gasteiger partial charge < -0.3 is 9.47 Å². The number of aryl methyl sites for hydroxylation is 3. The lowest BCUT2D eigenvalue weighted by Gasteiger charge is -2.54. The van der Waals surface area contributed by atoms with Gasteiger partial charge in [0.05, 0.1) is 11.1 Å². The summed E-state index contributed by atoms with van der Waals surface area (Å²) in [4.78, 5) is 27.1. The van der Waals surface area contributed by atoms with Gasteiger partial charge in [-0.3, -0.25) is 0 Å². The second kappa shape index (κ2) is 10.7. The third-order valence-electron chi connectivity index (χ3n) is 8.75. The topological polar surface area (TPSA) is 52.6 Å². The zero-order chi connectivity index (χ0) is 27.7. The van der Waals surface area contributed by atoms with Crippen LogP contribution in [-0.4, -0.2) is 24.1 Å². The van der Waals surface area contributed by atoms with Crippen LogP contribution in [0.1, 0.15) is 62.7 Å². The van der Waals surface area contributed by atoms with Crippen LogP contribution in [0.25, 0.3) is 0 Å². The normalized spacial score (nSPS) is 27.5. The molecule has 0 N–H and O–H groups in total. The first-order valence-electron chi connectivity index (χ1n) is 13.7. The van der Waals surface area contributed by atoms with E-state index < -0.39 is 24.1 Å². The van der Waals surface area contributed by atoms with E-state index in [0.717, 1.165) is 22.3 Å². The monoisotopic (exact) mass is 520 g/mol. The molecule has 6 atom stereocenters. The van der Waals surface area contributed by atoms with Crippen molar-refractivity contribution in [2.24, 2.45) is 17.3 Å². The summed E-state index contributed by atoms with van der Waals surface area (Å²) in [5, 5.41) is 0. The maximum Gasteiger partial charge on any atom is 0.338 e. The van der Waals surface area contributed by atoms with Gasteiger partial charge in [0, 0.05) is 11.8 Å². The number of ether oxygens (including phenoxy) is 2. The van der Waals surface area contributed by atoms with Gasteiger partial charge in [-0.15, -0.1) is 0 Å². The molecule has 0 saturated heterocycles. The highest BCUT2D eigenvalue weighted by atomic mass is 16.6. The van der Waals surface area contributed by atoms with Gasteiger partial charge in [0.1, 0.15) is 12.2 Å². The molecule has 0 heterocycles. The number of carbonyl (C=O) groups excluding carboxylic acids is 2. The molecule has 4 heteroatoms. The summed E-state index contributed by atoms with van der Waals surface area (Å²) in [5.41, 5.74) is 4.99. The molecule has 2 aliphatic rings. The van der Waals surface area contributed by atoms with E-state index in [1.54, 1.807) is 24.3 Å². The van der Waals surface area contributed by atoms with Crippen molar-refractivity contribution in [3.8, 4) is 0 Å². The van der Waals surface area contributed by atoms with Gasteiger partial charge >= 0.3 is 11.9 Å². The summed E-state index contributed by atoms with van der Waals surface area (Å²) in [6, 6.07) is 23.0. The van der Waals surface area contributed by atoms with Crippen molar-refractivity contribution < 1.29 is 19.1 Å². The van der Waals surface area contributed by atoms with Gasteiger partial charge in [0.15, 0.2) is 0 Å². The molecule has 3 aromatic rings. The Hall–Kier alpha value is -3.92. The Morgan fingerprint density at radius 1 is 0.718 bits per heavy atom. The second-order valence-electron chi connectivity index (χ2n) is 11.3. The minimum atomic E-state index is -0.682. The molecule has 0 aliphatic heterocycles. The number of hydrogen-bond donors (Lipinski definition) is 0. The van der Waals surface area contributed by atoms with E-state index in [4.69, 9.17) is 9.47 Å². The fraction of sp³-hybridized carbons (Fsp3) is 0.314. The standard InChI is InChI=1S/C35H36O4/c1-22-13-17-26(18-14-22)33(36)38-31-25(4)35(5)21-9-8-12-29(35)30(28-11-7-6-10-24(28)3)32(31)39-34(37)27-19-15-23(2)16-20-27/h6-21,25,29-32H,1-5H3. The minimum Gasteiger partial charge on any atom is -0.454 e. The molecule has 0 bridgehead atoms. The number of fused-ring (bicyclic) bond motifs is 1. The maximum atomic E-state index is 13.6. The van der Waals surface area contributed by atoms with Gasteiger partial charge in [-0.05, 0) is 67.5 Å². The molecule has 2 aliphatic carbocycles. The van der Waals surface area contributed by atoms with Crippen LogP contribution >= 0.6 is 0 Å². The van der Waals surface area contributed by atoms with Crippen molar-refractivity contribution in [3.05, 3.63) is 130 Å². The minimum absolute atomic E-state index is 0.0451. The third-order valence-corrected chi connectivity index (χ3v) is 8.75. The molecular formula is C35H36O4. The SMILES string of the molecule is Cc1ccc(C(=O)OC2C(OC(=O)c3ccc(C)cc3)C(C)C3(C)C=CC=CC3C2c2ccccc2C)cc1. The molecule has 0 amide bonds. The average Bonchev–Trinajstić information content (AvgIpc) is 2.93. The quantitative estimate of drug-likeness (QED) is 0.326. The van der Waals surface area contributed by atoms with Crippen LogP contribution in [0.5, 0.6) is 0 Å². The lowest BCUT2D eigenvalue weighted by atomic mass is 9.53. The van der Waals surface area contributed by atoms with Crippen molar-refractivity contribution in [2.45, 2.75) is 52.7 Å². The second-order valence-corrected chi connectivity index (χ2v) is 11.3. The van der Waals surface area contributed by atoms with Gasteiger partial charge in [0.2, 0.25) is 0 Å². The number of allylic oxidation sites excluding steroid dienone is 4. The lowest BCUT2D eigenvalue weighted by molar-refractivity contribution is -0.121. The van der Waals surface area contributed by atoms with Gasteiger partial charge in [-0.1, -0.05) is 97.8 Å². The number of benzene rings is 3. The number of rotatable bonds is 5. The molecule has 6 unspecified atom stereocenters. The Bertz CT molecular complexity index is 1420. The largest absolute Gasteiger partial charge is 0.454 e. The van der Waals surface area contributed by atoms with Crippen LogP contribution in [0, 0.1) is 38.0 Å². The van der Waals surface area contributed by atoms with Crippen LogP contribution in [0.2, 0.25) is 0 Å². The van der Waals surface area contributed by atoms with Crippen LogP contribution in [0.3, 0.4) is 0 Å². The number of hydrogen-bond acceptors (Lipinski definition) is 4. The van der Waals surface area contributed by atoms with E-state index in [0.29, 0.717) is 11.1 Å². The van der Waals surface area contributed by atoms with Crippen molar-refractivity contribution in [3.63, 3.8) is 0 Å². The Balaban J connectivity index is 1.61. The molecule has 0 radical (unpaired) electrons. The molecule has 0 spiro atoms. The summed E-state index contributed by atoms with van der Waals surface area (Å²) in [7, 11) is 0. The maximum absolute atomic E-state index is 13.6. The zero-order valence-corrected chi connectivity index (χ0v) is 23.3. The Kier molecular flexibility index (Phi) is 7.31. The smallest absolute Gasteiger partial charge is 0.338 e. The summed E-state index contributed by atoms with van der Waals surface area (Å²) >= 11 is 0. The van der Waals surface area contributed by atoms with Crippen LogP contribution < -0.4 is 0 Å². The Morgan fingerprint density at radius 2 is 1.26 bits per heavy atom. The summed E-state index contributed by atoms with van der Waals surface area (Å²) in [5.74, 6) is -1.11. The van der Waals surface area contributed by atoms with Crippen LogP contribution in [0.4, 0.5) is 0 Å². The molecule has 200 valence electrons. The molecule has 4 nitrogen and oxygen atoms in total. The van der Waals surface area contributed by atoms with E-state index in [2.05, 4.69) is 57.2 Å². The lowest BCUT2D eigenvalue weighted by Crippen LogP contribution is -2.57. The van der Waals surface area contributed by atoms with E-state index in [1.807, 2.05) is 50.2 Å². The molecular weight excluding hydrogens is 484 g/mol. The average molecular weight is 521 g/mol. The molecule has 1 saturated carbocycles. The number of carbonyl (C=O) groups is 2. The highest BCUT2D eigenvalue weighted by Crippen LogP contribution is 2.56. The van der Waals surface area contributed by atoms with Crippen molar-refractivity contribution in [1.29, 1.82) is 0 Å². The van der Waals surface area contributed by atoms with Crippen LogP contribution in [0.15, 0.2) is 97.1 Å². The number of esters is 2. The summed E-state index contributed by atoms with van der Waals surface area (Å²) in [6.07, 6.45) is 7.24. The van der Waals surface area contributed by atoms with Gasteiger partial charge in [-0.2, -0.15) is 0 Å². The van der Waals surface area contributed by atoms with E-state index in [-0.39, 0.29) is 23.2 Å². The fourth-order valence-corrected chi connectivity index (χ4v) is 6.18. The fourth-order valence-electron chi connectivity index (χ4n) is 6.18. The van der Waals surface area contributed by atoms with E-state index in [9.17, 15) is 9.59 Å². The third kappa shape index (κ3) is 5.08. The molecule has 5 rings (SSSR count). The first kappa shape index (κ1) is 26.7. The molecule has 0 aromatic heterocycles. The highest BCUT2D eigenvalue weighted by Gasteiger charge is 2.57. The highest BCUT2D eigenvalue weighted by molar-refractivity contribution is 5.90.